The molecule has 2 aromatic carbocycles. The van der Waals surface area contributed by atoms with E-state index in [0.29, 0.717) is 38.3 Å². The van der Waals surface area contributed by atoms with E-state index in [1.54, 1.807) is 30.3 Å². The van der Waals surface area contributed by atoms with Crippen molar-refractivity contribution in [2.45, 2.75) is 32.1 Å². The molecule has 1 saturated heterocycles. The number of hydrogen-bond donors (Lipinski definition) is 1. The molecular weight excluding hydrogens is 364 g/mol. The largest absolute Gasteiger partial charge is 0.478 e. The van der Waals surface area contributed by atoms with E-state index >= 15 is 0 Å². The molecule has 1 N–H and O–H groups in total. The Kier molecular flexibility index (Phi) is 6.39. The van der Waals surface area contributed by atoms with Crippen molar-refractivity contribution in [2.24, 2.45) is 5.92 Å². The van der Waals surface area contributed by atoms with Crippen molar-refractivity contribution in [3.63, 3.8) is 0 Å². The molecule has 0 atom stereocenters. The number of likely N-dealkylation sites (tertiary alicyclic amines) is 1. The van der Waals surface area contributed by atoms with Gasteiger partial charge in [-0.2, -0.15) is 0 Å². The zero-order valence-electron chi connectivity index (χ0n) is 15.5. The van der Waals surface area contributed by atoms with Crippen LogP contribution in [-0.2, 0) is 17.6 Å². The van der Waals surface area contributed by atoms with E-state index in [-0.39, 0.29) is 11.5 Å². The second-order valence-electron chi connectivity index (χ2n) is 7.28. The Balaban J connectivity index is 1.44. The lowest BCUT2D eigenvalue weighted by Gasteiger charge is -2.32. The lowest BCUT2D eigenvalue weighted by atomic mass is 9.90. The summed E-state index contributed by atoms with van der Waals surface area (Å²) in [6.45, 7) is 1.34. The van der Waals surface area contributed by atoms with Gasteiger partial charge in [0.05, 0.1) is 5.56 Å². The van der Waals surface area contributed by atoms with Crippen molar-refractivity contribution in [2.75, 3.05) is 13.1 Å². The molecule has 0 radical (unpaired) electrons. The Labute approximate surface area is 162 Å². The predicted molar refractivity (Wildman–Crippen MR) is 101 cm³/mol. The number of aryl methyl sites for hydroxylation is 1. The van der Waals surface area contributed by atoms with Gasteiger partial charge in [-0.3, -0.25) is 4.79 Å². The zero-order chi connectivity index (χ0) is 20.1. The van der Waals surface area contributed by atoms with Crippen LogP contribution in [0.3, 0.4) is 0 Å². The summed E-state index contributed by atoms with van der Waals surface area (Å²) in [4.78, 5) is 25.2. The number of amides is 1. The van der Waals surface area contributed by atoms with E-state index in [1.165, 1.54) is 6.07 Å². The van der Waals surface area contributed by atoms with Crippen LogP contribution in [0.5, 0.6) is 0 Å². The molecule has 0 spiro atoms. The molecule has 0 bridgehead atoms. The van der Waals surface area contributed by atoms with E-state index in [0.717, 1.165) is 30.0 Å². The summed E-state index contributed by atoms with van der Waals surface area (Å²) in [6, 6.07) is 10.6. The normalized spacial score (nSPS) is 14.9. The minimum absolute atomic E-state index is 0.0913. The average Bonchev–Trinajstić information content (AvgIpc) is 2.70. The van der Waals surface area contributed by atoms with E-state index in [9.17, 15) is 18.4 Å². The summed E-state index contributed by atoms with van der Waals surface area (Å²) >= 11 is 0. The number of carbonyl (C=O) groups excluding carboxylic acids is 1. The number of piperidine rings is 1. The van der Waals surface area contributed by atoms with Gasteiger partial charge < -0.3 is 10.0 Å². The molecule has 0 unspecified atom stereocenters. The van der Waals surface area contributed by atoms with Crippen LogP contribution in [0.25, 0.3) is 0 Å². The Morgan fingerprint density at radius 3 is 2.21 bits per heavy atom. The van der Waals surface area contributed by atoms with Crippen LogP contribution in [0, 0.1) is 17.6 Å². The van der Waals surface area contributed by atoms with Crippen LogP contribution in [0.15, 0.2) is 42.5 Å². The molecule has 148 valence electrons. The van der Waals surface area contributed by atoms with Gasteiger partial charge in [0.1, 0.15) is 0 Å². The molecule has 1 amide bonds. The smallest absolute Gasteiger partial charge is 0.335 e. The van der Waals surface area contributed by atoms with Crippen LogP contribution < -0.4 is 0 Å². The van der Waals surface area contributed by atoms with Crippen LogP contribution in [0.2, 0.25) is 0 Å². The highest BCUT2D eigenvalue weighted by atomic mass is 19.2. The first-order valence-corrected chi connectivity index (χ1v) is 9.46. The maximum Gasteiger partial charge on any atom is 0.335 e. The van der Waals surface area contributed by atoms with Gasteiger partial charge >= 0.3 is 5.97 Å². The predicted octanol–water partition coefficient (Wildman–Crippen LogP) is 4.08. The fourth-order valence-electron chi connectivity index (χ4n) is 3.61. The van der Waals surface area contributed by atoms with E-state index < -0.39 is 17.6 Å². The lowest BCUT2D eigenvalue weighted by Crippen LogP contribution is -2.39. The van der Waals surface area contributed by atoms with Crippen LogP contribution in [-0.4, -0.2) is 35.0 Å². The van der Waals surface area contributed by atoms with Crippen molar-refractivity contribution < 1.29 is 23.5 Å². The summed E-state index contributed by atoms with van der Waals surface area (Å²) in [5.74, 6) is -2.16. The van der Waals surface area contributed by atoms with Gasteiger partial charge in [0.15, 0.2) is 11.6 Å². The van der Waals surface area contributed by atoms with E-state index in [2.05, 4.69) is 0 Å². The van der Waals surface area contributed by atoms with Gasteiger partial charge in [-0.15, -0.1) is 0 Å². The Morgan fingerprint density at radius 2 is 1.61 bits per heavy atom. The highest BCUT2D eigenvalue weighted by Crippen LogP contribution is 2.23. The van der Waals surface area contributed by atoms with Crippen LogP contribution in [0.1, 0.15) is 40.7 Å². The standard InChI is InChI=1S/C22H23F2NO3/c23-19-7-3-17(14-20(19)24)13-16-9-11-25(12-10-16)21(26)8-4-15-1-5-18(6-2-15)22(27)28/h1-3,5-7,14,16H,4,8-13H2,(H,27,28). The Morgan fingerprint density at radius 1 is 0.964 bits per heavy atom. The topological polar surface area (TPSA) is 57.6 Å². The highest BCUT2D eigenvalue weighted by molar-refractivity contribution is 5.87. The maximum absolute atomic E-state index is 13.3. The summed E-state index contributed by atoms with van der Waals surface area (Å²) in [5, 5.41) is 8.91. The third-order valence-electron chi connectivity index (χ3n) is 5.30. The van der Waals surface area contributed by atoms with Crippen LogP contribution >= 0.6 is 0 Å². The van der Waals surface area contributed by atoms with Gasteiger partial charge in [-0.05, 0) is 67.0 Å². The third-order valence-corrected chi connectivity index (χ3v) is 5.30. The fraction of sp³-hybridized carbons (Fsp3) is 0.364. The van der Waals surface area contributed by atoms with E-state index in [1.807, 2.05) is 4.90 Å². The summed E-state index contributed by atoms with van der Waals surface area (Å²) < 4.78 is 26.4. The van der Waals surface area contributed by atoms with Gasteiger partial charge in [-0.25, -0.2) is 13.6 Å². The first-order chi connectivity index (χ1) is 13.4. The molecule has 1 aliphatic rings. The minimum Gasteiger partial charge on any atom is -0.478 e. The minimum atomic E-state index is -0.964. The molecule has 4 nitrogen and oxygen atoms in total. The lowest BCUT2D eigenvalue weighted by molar-refractivity contribution is -0.132. The quantitative estimate of drug-likeness (QED) is 0.813. The zero-order valence-corrected chi connectivity index (χ0v) is 15.5. The maximum atomic E-state index is 13.3. The molecule has 0 saturated carbocycles. The number of carbonyl (C=O) groups is 2. The summed E-state index contributed by atoms with van der Waals surface area (Å²) in [6.07, 6.45) is 3.35. The molecule has 6 heteroatoms. The highest BCUT2D eigenvalue weighted by Gasteiger charge is 2.23. The molecular formula is C22H23F2NO3. The molecule has 2 aromatic rings. The second-order valence-corrected chi connectivity index (χ2v) is 7.28. The SMILES string of the molecule is O=C(O)c1ccc(CCC(=O)N2CCC(Cc3ccc(F)c(F)c3)CC2)cc1. The molecule has 1 heterocycles. The number of rotatable bonds is 6. The second kappa shape index (κ2) is 8.95. The third kappa shape index (κ3) is 5.15. The molecule has 0 aliphatic carbocycles. The van der Waals surface area contributed by atoms with Gasteiger partial charge in [0, 0.05) is 19.5 Å². The average molecular weight is 387 g/mol. The van der Waals surface area contributed by atoms with Crippen LogP contribution in [0.4, 0.5) is 8.78 Å². The summed E-state index contributed by atoms with van der Waals surface area (Å²) in [7, 11) is 0. The number of hydrogen-bond acceptors (Lipinski definition) is 2. The Hall–Kier alpha value is -2.76. The van der Waals surface area contributed by atoms with Gasteiger partial charge in [0.2, 0.25) is 5.91 Å². The van der Waals surface area contributed by atoms with Gasteiger partial charge in [0.25, 0.3) is 0 Å². The molecule has 3 rings (SSSR count). The van der Waals surface area contributed by atoms with Crippen molar-refractivity contribution in [1.29, 1.82) is 0 Å². The first kappa shape index (κ1) is 20.0. The fourth-order valence-corrected chi connectivity index (χ4v) is 3.61. The molecule has 0 aromatic heterocycles. The van der Waals surface area contributed by atoms with Gasteiger partial charge in [-0.1, -0.05) is 18.2 Å². The summed E-state index contributed by atoms with van der Waals surface area (Å²) in [5.41, 5.74) is 1.96. The number of nitrogens with zero attached hydrogens (tertiary/aromatic N) is 1. The number of carboxylic acids is 1. The monoisotopic (exact) mass is 387 g/mol. The molecule has 1 fully saturated rings. The molecule has 1 aliphatic heterocycles. The first-order valence-electron chi connectivity index (χ1n) is 9.46. The number of benzene rings is 2. The van der Waals surface area contributed by atoms with Crippen molar-refractivity contribution in [1.82, 2.24) is 4.90 Å². The number of halogens is 2. The van der Waals surface area contributed by atoms with Crippen molar-refractivity contribution in [3.05, 3.63) is 70.8 Å². The molecule has 28 heavy (non-hydrogen) atoms. The van der Waals surface area contributed by atoms with Crippen molar-refractivity contribution in [3.8, 4) is 0 Å². The van der Waals surface area contributed by atoms with Crippen molar-refractivity contribution >= 4 is 11.9 Å². The number of aromatic carboxylic acids is 1. The van der Waals surface area contributed by atoms with E-state index in [4.69, 9.17) is 5.11 Å². The Bertz CT molecular complexity index is 843. The number of carboxylic acid groups (broad SMARTS) is 1.